The van der Waals surface area contributed by atoms with Crippen LogP contribution in [0.2, 0.25) is 0 Å². The number of nitrogen functional groups attached to an aromatic ring is 1. The Kier molecular flexibility index (Phi) is 2.98. The Morgan fingerprint density at radius 1 is 1.11 bits per heavy atom. The predicted molar refractivity (Wildman–Crippen MR) is 84.3 cm³/mol. The Balaban J connectivity index is 2.36. The van der Waals surface area contributed by atoms with Crippen molar-refractivity contribution in [1.29, 1.82) is 0 Å². The van der Waals surface area contributed by atoms with Gasteiger partial charge in [-0.15, -0.1) is 0 Å². The highest BCUT2D eigenvalue weighted by atomic mass is 127. The number of nitrogens with zero attached hydrogens (tertiary/aromatic N) is 2. The van der Waals surface area contributed by atoms with Gasteiger partial charge in [-0.2, -0.15) is 0 Å². The fourth-order valence-corrected chi connectivity index (χ4v) is 2.52. The summed E-state index contributed by atoms with van der Waals surface area (Å²) < 4.78 is 2.17. The molecule has 3 aromatic rings. The number of hydrogen-bond donors (Lipinski definition) is 1. The van der Waals surface area contributed by atoms with E-state index in [0.717, 1.165) is 13.8 Å². The molecular formula is C14H10IN3O. The zero-order valence-electron chi connectivity index (χ0n) is 9.88. The van der Waals surface area contributed by atoms with Crippen molar-refractivity contribution in [2.24, 2.45) is 0 Å². The maximum absolute atomic E-state index is 12.2. The second kappa shape index (κ2) is 4.65. The molecular weight excluding hydrogens is 353 g/mol. The number of halogens is 1. The fraction of sp³-hybridized carbons (Fsp3) is 0. The fourth-order valence-electron chi connectivity index (χ4n) is 1.98. The molecule has 0 saturated heterocycles. The standard InChI is InChI=1S/C14H10IN3O/c15-10-5-3-4-9(8-10)13-17-12-7-2-1-6-11(12)14(19)18(13)16/h1-8H,16H2. The summed E-state index contributed by atoms with van der Waals surface area (Å²) >= 11 is 2.21. The Labute approximate surface area is 123 Å². The van der Waals surface area contributed by atoms with Crippen molar-refractivity contribution in [3.8, 4) is 11.4 Å². The van der Waals surface area contributed by atoms with E-state index in [0.29, 0.717) is 16.7 Å². The smallest absolute Gasteiger partial charge is 0.280 e. The Hall–Kier alpha value is -1.89. The molecule has 5 heteroatoms. The average molecular weight is 363 g/mol. The number of aromatic nitrogens is 2. The lowest BCUT2D eigenvalue weighted by Crippen LogP contribution is -2.29. The number of nitrogens with two attached hydrogens (primary N) is 1. The summed E-state index contributed by atoms with van der Waals surface area (Å²) in [6, 6.07) is 14.9. The Morgan fingerprint density at radius 2 is 1.89 bits per heavy atom. The van der Waals surface area contributed by atoms with E-state index in [1.54, 1.807) is 12.1 Å². The van der Waals surface area contributed by atoms with Gasteiger partial charge < -0.3 is 5.84 Å². The second-order valence-electron chi connectivity index (χ2n) is 4.14. The van der Waals surface area contributed by atoms with Gasteiger partial charge in [0.15, 0.2) is 5.82 Å². The molecule has 0 fully saturated rings. The molecule has 4 nitrogen and oxygen atoms in total. The van der Waals surface area contributed by atoms with Gasteiger partial charge in [-0.1, -0.05) is 24.3 Å². The first-order valence-electron chi connectivity index (χ1n) is 5.69. The number of fused-ring (bicyclic) bond motifs is 1. The van der Waals surface area contributed by atoms with Gasteiger partial charge in [0.05, 0.1) is 10.9 Å². The van der Waals surface area contributed by atoms with Crippen LogP contribution >= 0.6 is 22.6 Å². The van der Waals surface area contributed by atoms with E-state index in [1.165, 1.54) is 0 Å². The number of benzene rings is 2. The lowest BCUT2D eigenvalue weighted by molar-refractivity contribution is 0.927. The topological polar surface area (TPSA) is 60.9 Å². The van der Waals surface area contributed by atoms with Crippen molar-refractivity contribution in [2.75, 3.05) is 5.84 Å². The molecule has 94 valence electrons. The molecule has 0 aliphatic carbocycles. The van der Waals surface area contributed by atoms with Crippen LogP contribution in [-0.4, -0.2) is 9.66 Å². The summed E-state index contributed by atoms with van der Waals surface area (Å²) in [5.41, 5.74) is 1.25. The van der Waals surface area contributed by atoms with Crippen molar-refractivity contribution >= 4 is 33.5 Å². The Bertz CT molecular complexity index is 826. The summed E-state index contributed by atoms with van der Waals surface area (Å²) in [6.45, 7) is 0. The van der Waals surface area contributed by atoms with Crippen LogP contribution in [-0.2, 0) is 0 Å². The highest BCUT2D eigenvalue weighted by molar-refractivity contribution is 14.1. The van der Waals surface area contributed by atoms with Crippen LogP contribution in [0.1, 0.15) is 0 Å². The largest absolute Gasteiger partial charge is 0.334 e. The van der Waals surface area contributed by atoms with Crippen molar-refractivity contribution < 1.29 is 0 Å². The summed E-state index contributed by atoms with van der Waals surface area (Å²) in [5.74, 6) is 6.34. The van der Waals surface area contributed by atoms with Gasteiger partial charge in [0.1, 0.15) is 0 Å². The van der Waals surface area contributed by atoms with Gasteiger partial charge in [0.25, 0.3) is 5.56 Å². The molecule has 0 unspecified atom stereocenters. The van der Waals surface area contributed by atoms with Gasteiger partial charge in [0.2, 0.25) is 0 Å². The maximum atomic E-state index is 12.2. The molecule has 2 aromatic carbocycles. The normalized spacial score (nSPS) is 10.8. The summed E-state index contributed by atoms with van der Waals surface area (Å²) in [5, 5.41) is 0.527. The van der Waals surface area contributed by atoms with Crippen molar-refractivity contribution in [3.63, 3.8) is 0 Å². The van der Waals surface area contributed by atoms with Crippen LogP contribution in [0.4, 0.5) is 0 Å². The molecule has 0 spiro atoms. The minimum Gasteiger partial charge on any atom is -0.334 e. The molecule has 0 aliphatic rings. The van der Waals surface area contributed by atoms with Gasteiger partial charge in [0, 0.05) is 9.13 Å². The van der Waals surface area contributed by atoms with Gasteiger partial charge in [-0.25, -0.2) is 9.66 Å². The first kappa shape index (κ1) is 12.2. The maximum Gasteiger partial charge on any atom is 0.280 e. The third-order valence-corrected chi connectivity index (χ3v) is 3.56. The van der Waals surface area contributed by atoms with Crippen LogP contribution in [0.15, 0.2) is 53.3 Å². The van der Waals surface area contributed by atoms with E-state index >= 15 is 0 Å². The quantitative estimate of drug-likeness (QED) is 0.534. The summed E-state index contributed by atoms with van der Waals surface area (Å²) in [7, 11) is 0. The Morgan fingerprint density at radius 3 is 2.68 bits per heavy atom. The van der Waals surface area contributed by atoms with E-state index in [1.807, 2.05) is 36.4 Å². The first-order chi connectivity index (χ1) is 9.16. The molecule has 0 radical (unpaired) electrons. The minimum absolute atomic E-state index is 0.237. The third kappa shape index (κ3) is 2.10. The SMILES string of the molecule is Nn1c(-c2cccc(I)c2)nc2ccccc2c1=O. The highest BCUT2D eigenvalue weighted by Gasteiger charge is 2.10. The molecule has 1 aromatic heterocycles. The van der Waals surface area contributed by atoms with Crippen LogP contribution < -0.4 is 11.4 Å². The van der Waals surface area contributed by atoms with Gasteiger partial charge in [-0.3, -0.25) is 4.79 Å². The minimum atomic E-state index is -0.237. The predicted octanol–water partition coefficient (Wildman–Crippen LogP) is 2.38. The third-order valence-electron chi connectivity index (χ3n) is 2.89. The van der Waals surface area contributed by atoms with Gasteiger partial charge >= 0.3 is 0 Å². The van der Waals surface area contributed by atoms with Crippen LogP contribution in [0.25, 0.3) is 22.3 Å². The van der Waals surface area contributed by atoms with Crippen LogP contribution in [0.3, 0.4) is 0 Å². The van der Waals surface area contributed by atoms with E-state index in [-0.39, 0.29) is 5.56 Å². The molecule has 1 heterocycles. The zero-order chi connectivity index (χ0) is 13.4. The lowest BCUT2D eigenvalue weighted by atomic mass is 10.2. The number of hydrogen-bond acceptors (Lipinski definition) is 3. The molecule has 19 heavy (non-hydrogen) atoms. The average Bonchev–Trinajstić information content (AvgIpc) is 2.43. The van der Waals surface area contributed by atoms with E-state index in [4.69, 9.17) is 5.84 Å². The molecule has 0 atom stereocenters. The molecule has 0 saturated carbocycles. The number of rotatable bonds is 1. The van der Waals surface area contributed by atoms with Crippen molar-refractivity contribution in [1.82, 2.24) is 9.66 Å². The summed E-state index contributed by atoms with van der Waals surface area (Å²) in [4.78, 5) is 16.7. The van der Waals surface area contributed by atoms with Crippen LogP contribution in [0, 0.1) is 3.57 Å². The summed E-state index contributed by atoms with van der Waals surface area (Å²) in [6.07, 6.45) is 0. The first-order valence-corrected chi connectivity index (χ1v) is 6.77. The van der Waals surface area contributed by atoms with E-state index < -0.39 is 0 Å². The monoisotopic (exact) mass is 363 g/mol. The molecule has 3 rings (SSSR count). The highest BCUT2D eigenvalue weighted by Crippen LogP contribution is 2.19. The van der Waals surface area contributed by atoms with E-state index in [2.05, 4.69) is 27.6 Å². The molecule has 0 amide bonds. The lowest BCUT2D eigenvalue weighted by Gasteiger charge is -2.09. The number of para-hydroxylation sites is 1. The van der Waals surface area contributed by atoms with E-state index in [9.17, 15) is 4.79 Å². The molecule has 0 bridgehead atoms. The molecule has 0 aliphatic heterocycles. The molecule has 2 N–H and O–H groups in total. The van der Waals surface area contributed by atoms with Gasteiger partial charge in [-0.05, 0) is 46.9 Å². The van der Waals surface area contributed by atoms with Crippen molar-refractivity contribution in [3.05, 3.63) is 62.5 Å². The van der Waals surface area contributed by atoms with Crippen molar-refractivity contribution in [2.45, 2.75) is 0 Å². The zero-order valence-corrected chi connectivity index (χ0v) is 12.0. The second-order valence-corrected chi connectivity index (χ2v) is 5.38. The van der Waals surface area contributed by atoms with Crippen LogP contribution in [0.5, 0.6) is 0 Å².